The first-order valence-electron chi connectivity index (χ1n) is 9.83. The Bertz CT molecular complexity index is 1230. The Balaban J connectivity index is 1.70. The van der Waals surface area contributed by atoms with Crippen LogP contribution in [0, 0.1) is 11.6 Å². The number of aromatic nitrogens is 2. The molecule has 0 N–H and O–H groups in total. The summed E-state index contributed by atoms with van der Waals surface area (Å²) < 4.78 is 34.4. The number of carbonyl (C=O) groups excluding carboxylic acids is 1. The number of nitrogens with zero attached hydrogens (tertiary/aromatic N) is 2. The van der Waals surface area contributed by atoms with Crippen LogP contribution in [0.3, 0.4) is 0 Å². The van der Waals surface area contributed by atoms with Gasteiger partial charge in [0.25, 0.3) is 0 Å². The summed E-state index contributed by atoms with van der Waals surface area (Å²) in [5, 5.41) is 0.684. The van der Waals surface area contributed by atoms with E-state index in [1.807, 2.05) is 41.0 Å². The molecule has 0 aliphatic rings. The molecule has 3 aromatic carbocycles. The molecule has 0 atom stereocenters. The molecule has 0 saturated carbocycles. The van der Waals surface area contributed by atoms with Crippen molar-refractivity contribution in [1.29, 1.82) is 0 Å². The van der Waals surface area contributed by atoms with Crippen molar-refractivity contribution in [1.82, 2.24) is 9.55 Å². The van der Waals surface area contributed by atoms with Crippen LogP contribution in [0.15, 0.2) is 71.9 Å². The van der Waals surface area contributed by atoms with Gasteiger partial charge in [0.05, 0.1) is 29.7 Å². The lowest BCUT2D eigenvalue weighted by Gasteiger charge is -2.10. The number of rotatable bonds is 7. The molecule has 1 aromatic heterocycles. The van der Waals surface area contributed by atoms with E-state index in [1.54, 1.807) is 19.1 Å². The van der Waals surface area contributed by atoms with Crippen molar-refractivity contribution in [3.63, 3.8) is 0 Å². The molecule has 4 aromatic rings. The van der Waals surface area contributed by atoms with E-state index in [9.17, 15) is 13.6 Å². The van der Waals surface area contributed by atoms with Gasteiger partial charge in [-0.15, -0.1) is 0 Å². The van der Waals surface area contributed by atoms with E-state index in [4.69, 9.17) is 9.72 Å². The Morgan fingerprint density at radius 3 is 2.61 bits per heavy atom. The third-order valence-corrected chi connectivity index (χ3v) is 5.80. The van der Waals surface area contributed by atoms with Crippen LogP contribution >= 0.6 is 11.8 Å². The lowest BCUT2D eigenvalue weighted by atomic mass is 10.2. The molecule has 4 rings (SSSR count). The summed E-state index contributed by atoms with van der Waals surface area (Å²) in [7, 11) is 0. The third kappa shape index (κ3) is 4.77. The average molecular weight is 438 g/mol. The van der Waals surface area contributed by atoms with Crippen molar-refractivity contribution in [3.05, 3.63) is 95.1 Å². The molecule has 158 valence electrons. The Kier molecular flexibility index (Phi) is 6.32. The van der Waals surface area contributed by atoms with E-state index in [2.05, 4.69) is 0 Å². The van der Waals surface area contributed by atoms with Gasteiger partial charge in [0.2, 0.25) is 0 Å². The van der Waals surface area contributed by atoms with Gasteiger partial charge in [0.15, 0.2) is 5.16 Å². The van der Waals surface area contributed by atoms with Crippen molar-refractivity contribution < 1.29 is 18.3 Å². The number of thioether (sulfide) groups is 1. The predicted molar refractivity (Wildman–Crippen MR) is 117 cm³/mol. The predicted octanol–water partition coefficient (Wildman–Crippen LogP) is 5.83. The molecule has 1 heterocycles. The second-order valence-electron chi connectivity index (χ2n) is 6.91. The van der Waals surface area contributed by atoms with E-state index < -0.39 is 17.6 Å². The second-order valence-corrected chi connectivity index (χ2v) is 7.86. The minimum atomic E-state index is -0.603. The van der Waals surface area contributed by atoms with Gasteiger partial charge >= 0.3 is 5.97 Å². The first kappa shape index (κ1) is 21.1. The van der Waals surface area contributed by atoms with Gasteiger partial charge in [-0.25, -0.2) is 18.6 Å². The molecule has 0 unspecified atom stereocenters. The van der Waals surface area contributed by atoms with E-state index in [-0.39, 0.29) is 0 Å². The van der Waals surface area contributed by atoms with Gasteiger partial charge in [-0.1, -0.05) is 48.2 Å². The first-order chi connectivity index (χ1) is 15.0. The highest BCUT2D eigenvalue weighted by molar-refractivity contribution is 7.98. The zero-order chi connectivity index (χ0) is 21.8. The van der Waals surface area contributed by atoms with Gasteiger partial charge in [-0.2, -0.15) is 0 Å². The molecule has 0 fully saturated rings. The van der Waals surface area contributed by atoms with Crippen molar-refractivity contribution in [2.24, 2.45) is 0 Å². The fraction of sp³-hybridized carbons (Fsp3) is 0.167. The minimum absolute atomic E-state index is 0.295. The van der Waals surface area contributed by atoms with Crippen molar-refractivity contribution in [2.45, 2.75) is 24.4 Å². The number of halogens is 2. The topological polar surface area (TPSA) is 44.1 Å². The molecule has 0 amide bonds. The van der Waals surface area contributed by atoms with Crippen LogP contribution in [0.2, 0.25) is 0 Å². The summed E-state index contributed by atoms with van der Waals surface area (Å²) in [4.78, 5) is 16.8. The van der Waals surface area contributed by atoms with E-state index >= 15 is 0 Å². The number of ether oxygens (including phenoxy) is 1. The van der Waals surface area contributed by atoms with Crippen LogP contribution in [-0.2, 0) is 17.0 Å². The molecule has 0 aliphatic heterocycles. The minimum Gasteiger partial charge on any atom is -0.462 e. The SMILES string of the molecule is CCOC(=O)c1ccc2c(c1)nc(SCc1ccc(F)cc1F)n2Cc1ccccc1. The number of benzene rings is 3. The third-order valence-electron chi connectivity index (χ3n) is 4.78. The summed E-state index contributed by atoms with van der Waals surface area (Å²) in [6.07, 6.45) is 0. The smallest absolute Gasteiger partial charge is 0.338 e. The lowest BCUT2D eigenvalue weighted by molar-refractivity contribution is 0.0526. The Morgan fingerprint density at radius 1 is 1.06 bits per heavy atom. The van der Waals surface area contributed by atoms with Gasteiger partial charge in [-0.05, 0) is 42.3 Å². The summed E-state index contributed by atoms with van der Waals surface area (Å²) in [6.45, 7) is 2.63. The van der Waals surface area contributed by atoms with E-state index in [0.29, 0.717) is 40.7 Å². The Hall–Kier alpha value is -3.19. The normalized spacial score (nSPS) is 11.1. The number of hydrogen-bond acceptors (Lipinski definition) is 4. The molecule has 31 heavy (non-hydrogen) atoms. The van der Waals surface area contributed by atoms with Crippen molar-refractivity contribution in [3.8, 4) is 0 Å². The number of esters is 1. The second kappa shape index (κ2) is 9.31. The molecule has 0 radical (unpaired) electrons. The highest BCUT2D eigenvalue weighted by Crippen LogP contribution is 2.29. The van der Waals surface area contributed by atoms with E-state index in [0.717, 1.165) is 17.1 Å². The lowest BCUT2D eigenvalue weighted by Crippen LogP contribution is -2.05. The molecule has 0 bridgehead atoms. The molecule has 0 aliphatic carbocycles. The van der Waals surface area contributed by atoms with E-state index in [1.165, 1.54) is 23.9 Å². The van der Waals surface area contributed by atoms with Crippen LogP contribution in [0.5, 0.6) is 0 Å². The number of imidazole rings is 1. The van der Waals surface area contributed by atoms with Gasteiger partial charge in [0, 0.05) is 11.8 Å². The molecule has 0 spiro atoms. The van der Waals surface area contributed by atoms with Crippen LogP contribution in [-0.4, -0.2) is 22.1 Å². The number of hydrogen-bond donors (Lipinski definition) is 0. The average Bonchev–Trinajstić information content (AvgIpc) is 3.10. The first-order valence-corrected chi connectivity index (χ1v) is 10.8. The molecule has 4 nitrogen and oxygen atoms in total. The van der Waals surface area contributed by atoms with Crippen LogP contribution in [0.4, 0.5) is 8.78 Å². The summed E-state index contributed by atoms with van der Waals surface area (Å²) in [5.74, 6) is -1.28. The van der Waals surface area contributed by atoms with Crippen LogP contribution in [0.25, 0.3) is 11.0 Å². The Morgan fingerprint density at radius 2 is 1.87 bits per heavy atom. The van der Waals surface area contributed by atoms with Gasteiger partial charge in [-0.3, -0.25) is 0 Å². The van der Waals surface area contributed by atoms with Crippen molar-refractivity contribution in [2.75, 3.05) is 6.61 Å². The maximum Gasteiger partial charge on any atom is 0.338 e. The van der Waals surface area contributed by atoms with Gasteiger partial charge < -0.3 is 9.30 Å². The summed E-state index contributed by atoms with van der Waals surface area (Å²) in [6, 6.07) is 18.8. The van der Waals surface area contributed by atoms with Crippen molar-refractivity contribution >= 4 is 28.8 Å². The quantitative estimate of drug-likeness (QED) is 0.269. The molecular formula is C24H20F2N2O2S. The largest absolute Gasteiger partial charge is 0.462 e. The highest BCUT2D eigenvalue weighted by atomic mass is 32.2. The number of carbonyl (C=O) groups is 1. The zero-order valence-corrected chi connectivity index (χ0v) is 17.7. The highest BCUT2D eigenvalue weighted by Gasteiger charge is 2.16. The molecular weight excluding hydrogens is 418 g/mol. The summed E-state index contributed by atoms with van der Waals surface area (Å²) >= 11 is 1.36. The fourth-order valence-corrected chi connectivity index (χ4v) is 4.26. The van der Waals surface area contributed by atoms with Gasteiger partial charge in [0.1, 0.15) is 11.6 Å². The number of fused-ring (bicyclic) bond motifs is 1. The maximum absolute atomic E-state index is 14.1. The molecule has 0 saturated heterocycles. The monoisotopic (exact) mass is 438 g/mol. The van der Waals surface area contributed by atoms with Crippen LogP contribution < -0.4 is 0 Å². The molecule has 7 heteroatoms. The summed E-state index contributed by atoms with van der Waals surface area (Å²) in [5.41, 5.74) is 3.44. The zero-order valence-electron chi connectivity index (χ0n) is 16.8. The Labute approximate surface area is 182 Å². The fourth-order valence-electron chi connectivity index (χ4n) is 3.26. The maximum atomic E-state index is 14.1. The standard InChI is InChI=1S/C24H20F2N2O2S/c1-2-30-23(29)17-9-11-22-21(12-17)27-24(28(22)14-16-6-4-3-5-7-16)31-15-18-8-10-19(25)13-20(18)26/h3-13H,2,14-15H2,1H3. The van der Waals surface area contributed by atoms with Crippen LogP contribution in [0.1, 0.15) is 28.4 Å².